The molecule has 0 aliphatic carbocycles. The molecule has 0 unspecified atom stereocenters. The molecule has 13 heavy (non-hydrogen) atoms. The van der Waals surface area contributed by atoms with E-state index in [1.165, 1.54) is 0 Å². The number of phenolic OH excluding ortho intramolecular Hbond substituents is 1. The molecule has 0 fully saturated rings. The number of fused-ring (bicyclic) bond motifs is 1. The van der Waals surface area contributed by atoms with Crippen LogP contribution in [0.5, 0.6) is 5.75 Å². The molecule has 0 heterocycles. The second-order valence-corrected chi connectivity index (χ2v) is 2.50. The van der Waals surface area contributed by atoms with Gasteiger partial charge in [-0.3, -0.25) is 0 Å². The first-order chi connectivity index (χ1) is 6.38. The van der Waals surface area contributed by atoms with E-state index in [-0.39, 0.29) is 0 Å². The summed E-state index contributed by atoms with van der Waals surface area (Å²) in [5.41, 5.74) is 0. The maximum atomic E-state index is 9.37. The van der Waals surface area contributed by atoms with Gasteiger partial charge in [0.1, 0.15) is 5.75 Å². The van der Waals surface area contributed by atoms with Crippen LogP contribution in [0.15, 0.2) is 42.5 Å². The number of rotatable bonds is 0. The van der Waals surface area contributed by atoms with Crippen LogP contribution in [0.1, 0.15) is 0 Å². The third-order valence-corrected chi connectivity index (χ3v) is 1.77. The average molecular weight is 360 g/mol. The summed E-state index contributed by atoms with van der Waals surface area (Å²) in [5.74, 6) is 0.350. The molecular weight excluding hydrogens is 349 g/mol. The van der Waals surface area contributed by atoms with Gasteiger partial charge in [0.15, 0.2) is 0 Å². The zero-order valence-electron chi connectivity index (χ0n) is 7.70. The zero-order chi connectivity index (χ0) is 9.68. The summed E-state index contributed by atoms with van der Waals surface area (Å²) in [5, 5.41) is 11.4. The number of aromatic hydroxyl groups is 1. The minimum absolute atomic E-state index is 0.350. The molecule has 0 amide bonds. The molecule has 0 aliphatic heterocycles. The molecule has 0 saturated carbocycles. The summed E-state index contributed by atoms with van der Waals surface area (Å²) in [6.45, 7) is 0. The first-order valence-corrected chi connectivity index (χ1v) is 9.75. The van der Waals surface area contributed by atoms with Crippen molar-refractivity contribution >= 4 is 10.8 Å². The van der Waals surface area contributed by atoms with E-state index in [1.807, 2.05) is 36.4 Å². The van der Waals surface area contributed by atoms with Crippen LogP contribution in [0.4, 0.5) is 0 Å². The summed E-state index contributed by atoms with van der Waals surface area (Å²) in [6.07, 6.45) is 0. The molecule has 2 heteroatoms. The molecule has 0 spiro atoms. The van der Waals surface area contributed by atoms with Gasteiger partial charge in [0.25, 0.3) is 0 Å². The Labute approximate surface area is 94.4 Å². The van der Waals surface area contributed by atoms with Gasteiger partial charge in [0.05, 0.1) is 0 Å². The molecule has 1 N–H and O–H groups in total. The van der Waals surface area contributed by atoms with E-state index >= 15 is 0 Å². The van der Waals surface area contributed by atoms with Crippen molar-refractivity contribution in [2.45, 2.75) is 4.43 Å². The van der Waals surface area contributed by atoms with Crippen LogP contribution in [-0.2, 0) is 26.1 Å². The molecule has 0 atom stereocenters. The van der Waals surface area contributed by atoms with Gasteiger partial charge in [-0.05, 0) is 11.5 Å². The Morgan fingerprint density at radius 3 is 2.23 bits per heavy atom. The van der Waals surface area contributed by atoms with Crippen LogP contribution in [0.3, 0.4) is 0 Å². The van der Waals surface area contributed by atoms with Crippen LogP contribution in [-0.4, -0.2) is 5.11 Å². The Morgan fingerprint density at radius 1 is 0.923 bits per heavy atom. The van der Waals surface area contributed by atoms with Crippen molar-refractivity contribution in [3.05, 3.63) is 42.5 Å². The van der Waals surface area contributed by atoms with Crippen molar-refractivity contribution in [1.29, 1.82) is 0 Å². The summed E-state index contributed by atoms with van der Waals surface area (Å²) in [6, 6.07) is 13.3. The molecule has 0 bridgehead atoms. The van der Waals surface area contributed by atoms with E-state index < -0.39 is 0 Å². The van der Waals surface area contributed by atoms with E-state index in [9.17, 15) is 5.11 Å². The Hall–Kier alpha value is -0.565. The van der Waals surface area contributed by atoms with Crippen molar-refractivity contribution in [2.75, 3.05) is 0 Å². The molecule has 2 rings (SSSR count). The molecular formula is C11H11HgO. The summed E-state index contributed by atoms with van der Waals surface area (Å²) >= 11 is 1.03. The maximum absolute atomic E-state index is 9.37. The fourth-order valence-electron chi connectivity index (χ4n) is 1.21. The number of phenols is 1. The third kappa shape index (κ3) is 2.44. The monoisotopic (exact) mass is 361 g/mol. The van der Waals surface area contributed by atoms with Crippen LogP contribution in [0.2, 0.25) is 4.43 Å². The fraction of sp³-hybridized carbons (Fsp3) is 0.0909. The third-order valence-electron chi connectivity index (χ3n) is 1.77. The summed E-state index contributed by atoms with van der Waals surface area (Å²) in [4.78, 5) is 0. The summed E-state index contributed by atoms with van der Waals surface area (Å²) in [7, 11) is 0. The topological polar surface area (TPSA) is 20.2 Å². The van der Waals surface area contributed by atoms with Gasteiger partial charge in [-0.15, -0.1) is 0 Å². The van der Waals surface area contributed by atoms with Gasteiger partial charge in [-0.1, -0.05) is 36.4 Å². The SMILES string of the molecule is Oc1cccc2ccccc12.[CH3][Hg]. The van der Waals surface area contributed by atoms with Gasteiger partial charge in [0.2, 0.25) is 0 Å². The van der Waals surface area contributed by atoms with Crippen molar-refractivity contribution in [3.63, 3.8) is 0 Å². The zero-order valence-corrected chi connectivity index (χ0v) is 13.2. The van der Waals surface area contributed by atoms with Gasteiger partial charge in [-0.25, -0.2) is 0 Å². The second-order valence-electron chi connectivity index (χ2n) is 2.50. The Morgan fingerprint density at radius 2 is 1.54 bits per heavy atom. The average Bonchev–Trinajstić information content (AvgIpc) is 2.22. The normalized spacial score (nSPS) is 9.15. The first kappa shape index (κ1) is 10.5. The van der Waals surface area contributed by atoms with E-state index in [1.54, 1.807) is 6.07 Å². The Balaban J connectivity index is 0.000000396. The molecule has 1 nitrogen and oxygen atoms in total. The predicted molar refractivity (Wildman–Crippen MR) is 51.5 cm³/mol. The van der Waals surface area contributed by atoms with Crippen molar-refractivity contribution in [3.8, 4) is 5.75 Å². The van der Waals surface area contributed by atoms with Crippen molar-refractivity contribution in [2.24, 2.45) is 0 Å². The predicted octanol–water partition coefficient (Wildman–Crippen LogP) is 3.13. The van der Waals surface area contributed by atoms with Gasteiger partial charge in [0, 0.05) is 5.39 Å². The van der Waals surface area contributed by atoms with Gasteiger partial charge in [-0.2, -0.15) is 0 Å². The quantitative estimate of drug-likeness (QED) is 0.717. The standard InChI is InChI=1S/C10H8O.CH3.Hg/c11-10-7-3-5-8-4-1-2-6-9(8)10;;/h1-7,11H;1H3;. The first-order valence-electron chi connectivity index (χ1n) is 4.25. The van der Waals surface area contributed by atoms with E-state index in [4.69, 9.17) is 0 Å². The van der Waals surface area contributed by atoms with Crippen molar-refractivity contribution in [1.82, 2.24) is 0 Å². The molecule has 63 valence electrons. The molecule has 2 aromatic rings. The molecule has 0 saturated heterocycles. The number of benzene rings is 2. The molecule has 0 aromatic heterocycles. The second kappa shape index (κ2) is 5.23. The summed E-state index contributed by atoms with van der Waals surface area (Å²) < 4.78 is 2.19. The molecule has 2 aromatic carbocycles. The van der Waals surface area contributed by atoms with Crippen molar-refractivity contribution < 1.29 is 31.2 Å². The number of hydrogen-bond acceptors (Lipinski definition) is 1. The Bertz CT molecular complexity index is 379. The minimum atomic E-state index is 0.350. The van der Waals surface area contributed by atoms with Crippen LogP contribution in [0, 0.1) is 0 Å². The van der Waals surface area contributed by atoms with E-state index in [2.05, 4.69) is 4.43 Å². The van der Waals surface area contributed by atoms with E-state index in [0.29, 0.717) is 5.75 Å². The Kier molecular flexibility index (Phi) is 4.23. The number of hydrogen-bond donors (Lipinski definition) is 1. The van der Waals surface area contributed by atoms with E-state index in [0.717, 1.165) is 36.9 Å². The van der Waals surface area contributed by atoms with Crippen LogP contribution >= 0.6 is 0 Å². The molecule has 0 radical (unpaired) electrons. The van der Waals surface area contributed by atoms with Gasteiger partial charge >= 0.3 is 30.6 Å². The molecule has 0 aliphatic rings. The fourth-order valence-corrected chi connectivity index (χ4v) is 1.21. The van der Waals surface area contributed by atoms with Crippen LogP contribution < -0.4 is 0 Å². The van der Waals surface area contributed by atoms with Crippen LogP contribution in [0.25, 0.3) is 10.8 Å². The van der Waals surface area contributed by atoms with Gasteiger partial charge < -0.3 is 5.11 Å².